The van der Waals surface area contributed by atoms with Crippen molar-refractivity contribution < 1.29 is 9.59 Å². The number of carbonyl (C=O) groups excluding carboxylic acids is 2. The quantitative estimate of drug-likeness (QED) is 0.813. The molecule has 1 aliphatic heterocycles. The van der Waals surface area contributed by atoms with Crippen molar-refractivity contribution in [1.82, 2.24) is 10.2 Å². The fourth-order valence-electron chi connectivity index (χ4n) is 2.51. The molecule has 0 aromatic carbocycles. The van der Waals surface area contributed by atoms with Gasteiger partial charge < -0.3 is 10.2 Å². The molecule has 2 amide bonds. The third-order valence-electron chi connectivity index (χ3n) is 3.32. The number of piperazine rings is 1. The Balaban J connectivity index is 2.82. The lowest BCUT2D eigenvalue weighted by Gasteiger charge is -2.39. The molecule has 1 fully saturated rings. The molecule has 0 aromatic heterocycles. The largest absolute Gasteiger partial charge is 0.342 e. The van der Waals surface area contributed by atoms with Gasteiger partial charge in [-0.2, -0.15) is 0 Å². The van der Waals surface area contributed by atoms with Crippen LogP contribution in [0.25, 0.3) is 0 Å². The summed E-state index contributed by atoms with van der Waals surface area (Å²) in [6.45, 7) is 10.8. The summed E-state index contributed by atoms with van der Waals surface area (Å²) in [5.41, 5.74) is 0. The van der Waals surface area contributed by atoms with E-state index in [0.29, 0.717) is 18.4 Å². The van der Waals surface area contributed by atoms with Crippen LogP contribution >= 0.6 is 0 Å². The summed E-state index contributed by atoms with van der Waals surface area (Å²) in [6, 6.07) is -0.619. The number of likely N-dealkylation sites (N-methyl/N-ethyl adjacent to an activating group) is 1. The second-order valence-electron chi connectivity index (χ2n) is 5.96. The smallest absolute Gasteiger partial charge is 0.245 e. The Morgan fingerprint density at radius 3 is 2.11 bits per heavy atom. The standard InChI is InChI=1S/C14H26N2O2/c1-6-16-12(8-10(4)5)13(17)15-11(14(16)18)7-9(2)3/h9-12H,6-8H2,1-5H3,(H,15,17). The molecule has 1 rings (SSSR count). The van der Waals surface area contributed by atoms with Gasteiger partial charge in [0.1, 0.15) is 12.1 Å². The van der Waals surface area contributed by atoms with Crippen molar-refractivity contribution >= 4 is 11.8 Å². The van der Waals surface area contributed by atoms with Crippen LogP contribution in [-0.2, 0) is 9.59 Å². The minimum Gasteiger partial charge on any atom is -0.342 e. The Bertz CT molecular complexity index is 313. The zero-order chi connectivity index (χ0) is 13.9. The van der Waals surface area contributed by atoms with Crippen LogP contribution in [0.1, 0.15) is 47.5 Å². The van der Waals surface area contributed by atoms with E-state index in [4.69, 9.17) is 0 Å². The number of amides is 2. The van der Waals surface area contributed by atoms with Gasteiger partial charge >= 0.3 is 0 Å². The Morgan fingerprint density at radius 1 is 1.11 bits per heavy atom. The Hall–Kier alpha value is -1.06. The summed E-state index contributed by atoms with van der Waals surface area (Å²) in [7, 11) is 0. The third kappa shape index (κ3) is 3.47. The summed E-state index contributed by atoms with van der Waals surface area (Å²) >= 11 is 0. The van der Waals surface area contributed by atoms with Gasteiger partial charge in [-0.1, -0.05) is 27.7 Å². The minimum atomic E-state index is -0.333. The van der Waals surface area contributed by atoms with E-state index in [1.165, 1.54) is 0 Å². The summed E-state index contributed by atoms with van der Waals surface area (Å²) in [5, 5.41) is 2.89. The van der Waals surface area contributed by atoms with Gasteiger partial charge in [0.25, 0.3) is 0 Å². The number of nitrogens with one attached hydrogen (secondary N) is 1. The SMILES string of the molecule is CCN1C(=O)C(CC(C)C)NC(=O)C1CC(C)C. The average Bonchev–Trinajstić information content (AvgIpc) is 2.24. The molecular weight excluding hydrogens is 228 g/mol. The molecule has 104 valence electrons. The molecule has 4 heteroatoms. The molecule has 1 saturated heterocycles. The number of rotatable bonds is 5. The van der Waals surface area contributed by atoms with Crippen molar-refractivity contribution in [2.45, 2.75) is 59.5 Å². The van der Waals surface area contributed by atoms with Gasteiger partial charge in [0.2, 0.25) is 11.8 Å². The van der Waals surface area contributed by atoms with Gasteiger partial charge in [-0.15, -0.1) is 0 Å². The van der Waals surface area contributed by atoms with Gasteiger partial charge in [0.15, 0.2) is 0 Å². The van der Waals surface area contributed by atoms with Crippen molar-refractivity contribution in [2.24, 2.45) is 11.8 Å². The van der Waals surface area contributed by atoms with Crippen molar-refractivity contribution in [3.8, 4) is 0 Å². The predicted molar refractivity (Wildman–Crippen MR) is 72.0 cm³/mol. The third-order valence-corrected chi connectivity index (χ3v) is 3.32. The fraction of sp³-hybridized carbons (Fsp3) is 0.857. The molecule has 0 aliphatic carbocycles. The van der Waals surface area contributed by atoms with Gasteiger partial charge in [0, 0.05) is 6.54 Å². The monoisotopic (exact) mass is 254 g/mol. The highest BCUT2D eigenvalue weighted by Crippen LogP contribution is 2.20. The molecule has 18 heavy (non-hydrogen) atoms. The predicted octanol–water partition coefficient (Wildman–Crippen LogP) is 1.79. The van der Waals surface area contributed by atoms with Crippen molar-refractivity contribution in [3.05, 3.63) is 0 Å². The summed E-state index contributed by atoms with van der Waals surface area (Å²) in [6.07, 6.45) is 1.45. The van der Waals surface area contributed by atoms with Crippen LogP contribution in [0.5, 0.6) is 0 Å². The highest BCUT2D eigenvalue weighted by Gasteiger charge is 2.39. The van der Waals surface area contributed by atoms with Crippen LogP contribution in [0.2, 0.25) is 0 Å². The first-order chi connectivity index (χ1) is 8.36. The number of carbonyl (C=O) groups is 2. The summed E-state index contributed by atoms with van der Waals surface area (Å²) < 4.78 is 0. The molecule has 2 unspecified atom stereocenters. The molecule has 1 N–H and O–H groups in total. The topological polar surface area (TPSA) is 49.4 Å². The highest BCUT2D eigenvalue weighted by molar-refractivity contribution is 5.96. The van der Waals surface area contributed by atoms with E-state index in [9.17, 15) is 9.59 Å². The molecule has 1 heterocycles. The summed E-state index contributed by atoms with van der Waals surface area (Å²) in [5.74, 6) is 0.899. The lowest BCUT2D eigenvalue weighted by Crippen LogP contribution is -2.63. The molecule has 4 nitrogen and oxygen atoms in total. The Morgan fingerprint density at radius 2 is 1.67 bits per heavy atom. The van der Waals surface area contributed by atoms with Crippen LogP contribution in [0.15, 0.2) is 0 Å². The molecule has 1 aliphatic rings. The molecule has 0 saturated carbocycles. The van der Waals surface area contributed by atoms with Crippen LogP contribution < -0.4 is 5.32 Å². The van der Waals surface area contributed by atoms with Crippen LogP contribution in [-0.4, -0.2) is 35.3 Å². The minimum absolute atomic E-state index is 0.0100. The lowest BCUT2D eigenvalue weighted by atomic mass is 9.94. The van der Waals surface area contributed by atoms with Crippen LogP contribution in [0.4, 0.5) is 0 Å². The van der Waals surface area contributed by atoms with E-state index in [2.05, 4.69) is 33.0 Å². The second-order valence-corrected chi connectivity index (χ2v) is 5.96. The number of hydrogen-bond acceptors (Lipinski definition) is 2. The first-order valence-corrected chi connectivity index (χ1v) is 6.97. The van der Waals surface area contributed by atoms with E-state index in [1.807, 2.05) is 6.92 Å². The van der Waals surface area contributed by atoms with E-state index >= 15 is 0 Å². The maximum Gasteiger partial charge on any atom is 0.245 e. The Labute approximate surface area is 110 Å². The van der Waals surface area contributed by atoms with Gasteiger partial charge in [-0.05, 0) is 31.6 Å². The summed E-state index contributed by atoms with van der Waals surface area (Å²) in [4.78, 5) is 26.2. The first kappa shape index (κ1) is 15.0. The molecule has 0 spiro atoms. The number of nitrogens with zero attached hydrogens (tertiary/aromatic N) is 1. The maximum absolute atomic E-state index is 12.3. The van der Waals surface area contributed by atoms with Crippen molar-refractivity contribution in [2.75, 3.05) is 6.54 Å². The zero-order valence-electron chi connectivity index (χ0n) is 12.2. The maximum atomic E-state index is 12.3. The van der Waals surface area contributed by atoms with Gasteiger partial charge in [-0.3, -0.25) is 9.59 Å². The molecule has 0 bridgehead atoms. The first-order valence-electron chi connectivity index (χ1n) is 6.97. The van der Waals surface area contributed by atoms with Crippen LogP contribution in [0, 0.1) is 11.8 Å². The second kappa shape index (κ2) is 6.21. The fourth-order valence-corrected chi connectivity index (χ4v) is 2.51. The molecule has 2 atom stereocenters. The normalized spacial score (nSPS) is 24.9. The zero-order valence-corrected chi connectivity index (χ0v) is 12.2. The number of hydrogen-bond donors (Lipinski definition) is 1. The van der Waals surface area contributed by atoms with E-state index in [1.54, 1.807) is 4.90 Å². The van der Waals surface area contributed by atoms with Gasteiger partial charge in [0.05, 0.1) is 0 Å². The molecular formula is C14H26N2O2. The Kier molecular flexibility index (Phi) is 5.17. The van der Waals surface area contributed by atoms with E-state index in [0.717, 1.165) is 12.8 Å². The molecule has 0 radical (unpaired) electrons. The van der Waals surface area contributed by atoms with Crippen molar-refractivity contribution in [1.29, 1.82) is 0 Å². The lowest BCUT2D eigenvalue weighted by molar-refractivity contribution is -0.150. The highest BCUT2D eigenvalue weighted by atomic mass is 16.2. The molecule has 0 aromatic rings. The van der Waals surface area contributed by atoms with Crippen molar-refractivity contribution in [3.63, 3.8) is 0 Å². The van der Waals surface area contributed by atoms with Crippen LogP contribution in [0.3, 0.4) is 0 Å². The van der Waals surface area contributed by atoms with Gasteiger partial charge in [-0.25, -0.2) is 0 Å². The van der Waals surface area contributed by atoms with E-state index in [-0.39, 0.29) is 23.9 Å². The van der Waals surface area contributed by atoms with E-state index < -0.39 is 0 Å². The average molecular weight is 254 g/mol.